The fourth-order valence-corrected chi connectivity index (χ4v) is 3.23. The van der Waals surface area contributed by atoms with Crippen LogP contribution in [-0.4, -0.2) is 12.6 Å². The Morgan fingerprint density at radius 1 is 1.05 bits per heavy atom. The molecule has 118 valence electrons. The van der Waals surface area contributed by atoms with Crippen LogP contribution in [0.3, 0.4) is 0 Å². The van der Waals surface area contributed by atoms with Gasteiger partial charge in [-0.15, -0.1) is 0 Å². The van der Waals surface area contributed by atoms with Crippen LogP contribution in [-0.2, 0) is 5.41 Å². The van der Waals surface area contributed by atoms with Gasteiger partial charge in [-0.3, -0.25) is 0 Å². The Hall–Kier alpha value is -0.820. The Morgan fingerprint density at radius 3 is 2.05 bits per heavy atom. The minimum absolute atomic E-state index is 0.245. The van der Waals surface area contributed by atoms with Crippen molar-refractivity contribution in [2.45, 2.75) is 77.7 Å². The fraction of sp³-hybridized carbons (Fsp3) is 0.700. The highest BCUT2D eigenvalue weighted by molar-refractivity contribution is 5.30. The van der Waals surface area contributed by atoms with E-state index < -0.39 is 0 Å². The van der Waals surface area contributed by atoms with Crippen LogP contribution < -0.4 is 5.32 Å². The third-order valence-electron chi connectivity index (χ3n) is 5.03. The molecule has 2 rings (SSSR count). The van der Waals surface area contributed by atoms with E-state index >= 15 is 0 Å². The summed E-state index contributed by atoms with van der Waals surface area (Å²) in [4.78, 5) is 0. The number of rotatable bonds is 7. The van der Waals surface area contributed by atoms with Crippen molar-refractivity contribution in [3.05, 3.63) is 35.4 Å². The van der Waals surface area contributed by atoms with Crippen LogP contribution in [0.5, 0.6) is 0 Å². The Labute approximate surface area is 131 Å². The lowest BCUT2D eigenvalue weighted by Crippen LogP contribution is -2.28. The van der Waals surface area contributed by atoms with E-state index in [0.29, 0.717) is 5.92 Å². The van der Waals surface area contributed by atoms with Crippen LogP contribution in [0.25, 0.3) is 0 Å². The molecule has 1 N–H and O–H groups in total. The van der Waals surface area contributed by atoms with Crippen molar-refractivity contribution in [1.29, 1.82) is 0 Å². The van der Waals surface area contributed by atoms with E-state index in [1.54, 1.807) is 0 Å². The van der Waals surface area contributed by atoms with E-state index in [-0.39, 0.29) is 5.41 Å². The van der Waals surface area contributed by atoms with Gasteiger partial charge in [0.1, 0.15) is 0 Å². The van der Waals surface area contributed by atoms with Crippen LogP contribution in [0, 0.1) is 5.92 Å². The largest absolute Gasteiger partial charge is 0.313 e. The van der Waals surface area contributed by atoms with Crippen molar-refractivity contribution in [2.75, 3.05) is 6.54 Å². The molecular formula is C20H33N. The summed E-state index contributed by atoms with van der Waals surface area (Å²) in [7, 11) is 0. The van der Waals surface area contributed by atoms with Crippen LogP contribution in [0.1, 0.15) is 77.3 Å². The van der Waals surface area contributed by atoms with Crippen molar-refractivity contribution in [2.24, 2.45) is 5.92 Å². The molecule has 0 radical (unpaired) electrons. The molecule has 1 unspecified atom stereocenters. The van der Waals surface area contributed by atoms with Crippen molar-refractivity contribution < 1.29 is 0 Å². The first kappa shape index (κ1) is 16.5. The van der Waals surface area contributed by atoms with Gasteiger partial charge in [-0.1, -0.05) is 71.7 Å². The predicted octanol–water partition coefficient (Wildman–Crippen LogP) is 5.26. The lowest BCUT2D eigenvalue weighted by atomic mass is 9.80. The minimum atomic E-state index is 0.245. The highest BCUT2D eigenvalue weighted by Crippen LogP contribution is 2.32. The zero-order valence-corrected chi connectivity index (χ0v) is 14.6. The van der Waals surface area contributed by atoms with Crippen molar-refractivity contribution in [1.82, 2.24) is 5.32 Å². The molecule has 1 aliphatic rings. The Kier molecular flexibility index (Phi) is 5.48. The van der Waals surface area contributed by atoms with E-state index in [1.807, 2.05) is 0 Å². The quantitative estimate of drug-likeness (QED) is 0.721. The maximum Gasteiger partial charge on any atom is 0.00684 e. The Bertz CT molecular complexity index is 418. The molecule has 1 heteroatoms. The molecule has 1 fully saturated rings. The zero-order valence-electron chi connectivity index (χ0n) is 14.6. The molecule has 0 bridgehead atoms. The average Bonchev–Trinajstić information content (AvgIpc) is 3.27. The van der Waals surface area contributed by atoms with E-state index in [9.17, 15) is 0 Å². The lowest BCUT2D eigenvalue weighted by molar-refractivity contribution is 0.379. The molecule has 1 nitrogen and oxygen atoms in total. The molecule has 1 aromatic carbocycles. The van der Waals surface area contributed by atoms with E-state index in [0.717, 1.165) is 18.5 Å². The molecule has 0 aromatic heterocycles. The second-order valence-corrected chi connectivity index (χ2v) is 7.74. The summed E-state index contributed by atoms with van der Waals surface area (Å²) in [6.07, 6.45) is 5.29. The first-order valence-electron chi connectivity index (χ1n) is 8.79. The number of benzene rings is 1. The third-order valence-corrected chi connectivity index (χ3v) is 5.03. The molecule has 0 saturated heterocycles. The lowest BCUT2D eigenvalue weighted by Gasteiger charge is -2.27. The number of nitrogens with one attached hydrogen (secondary N) is 1. The van der Waals surface area contributed by atoms with Crippen LogP contribution in [0.2, 0.25) is 0 Å². The topological polar surface area (TPSA) is 12.0 Å². The van der Waals surface area contributed by atoms with Gasteiger partial charge >= 0.3 is 0 Å². The molecule has 0 amide bonds. The van der Waals surface area contributed by atoms with Gasteiger partial charge < -0.3 is 5.32 Å². The van der Waals surface area contributed by atoms with Gasteiger partial charge in [-0.2, -0.15) is 0 Å². The monoisotopic (exact) mass is 287 g/mol. The molecule has 1 saturated carbocycles. The summed E-state index contributed by atoms with van der Waals surface area (Å²) in [5.74, 6) is 1.45. The molecule has 0 spiro atoms. The zero-order chi connectivity index (χ0) is 15.5. The maximum absolute atomic E-state index is 3.75. The summed E-state index contributed by atoms with van der Waals surface area (Å²) < 4.78 is 0. The highest BCUT2D eigenvalue weighted by atomic mass is 14.9. The third kappa shape index (κ3) is 4.57. The van der Waals surface area contributed by atoms with Crippen LogP contribution >= 0.6 is 0 Å². The molecule has 1 aliphatic carbocycles. The van der Waals surface area contributed by atoms with Gasteiger partial charge in [0, 0.05) is 12.6 Å². The smallest absolute Gasteiger partial charge is 0.00684 e. The predicted molar refractivity (Wildman–Crippen MR) is 93.0 cm³/mol. The Morgan fingerprint density at radius 2 is 1.62 bits per heavy atom. The second kappa shape index (κ2) is 6.96. The van der Waals surface area contributed by atoms with E-state index in [1.165, 1.54) is 36.8 Å². The van der Waals surface area contributed by atoms with Gasteiger partial charge in [0.25, 0.3) is 0 Å². The fourth-order valence-electron chi connectivity index (χ4n) is 3.23. The van der Waals surface area contributed by atoms with Gasteiger partial charge in [0.2, 0.25) is 0 Å². The molecular weight excluding hydrogens is 254 g/mol. The average molecular weight is 287 g/mol. The van der Waals surface area contributed by atoms with Crippen LogP contribution in [0.15, 0.2) is 24.3 Å². The van der Waals surface area contributed by atoms with E-state index in [4.69, 9.17) is 0 Å². The molecule has 0 heterocycles. The molecule has 0 aliphatic heterocycles. The highest BCUT2D eigenvalue weighted by Gasteiger charge is 2.26. The summed E-state index contributed by atoms with van der Waals surface area (Å²) in [6.45, 7) is 12.7. The SMILES string of the molecule is CCC(CC)C(CNC1CC1)c1ccc(C(C)(C)C)cc1. The first-order chi connectivity index (χ1) is 9.95. The summed E-state index contributed by atoms with van der Waals surface area (Å²) in [6, 6.07) is 10.2. The second-order valence-electron chi connectivity index (χ2n) is 7.74. The summed E-state index contributed by atoms with van der Waals surface area (Å²) >= 11 is 0. The number of hydrogen-bond acceptors (Lipinski definition) is 1. The molecule has 1 aromatic rings. The summed E-state index contributed by atoms with van der Waals surface area (Å²) in [5, 5.41) is 3.75. The van der Waals surface area contributed by atoms with Gasteiger partial charge in [0.15, 0.2) is 0 Å². The van der Waals surface area contributed by atoms with Gasteiger partial charge in [-0.25, -0.2) is 0 Å². The first-order valence-corrected chi connectivity index (χ1v) is 8.79. The Balaban J connectivity index is 2.14. The van der Waals surface area contributed by atoms with Gasteiger partial charge in [-0.05, 0) is 41.2 Å². The standard InChI is InChI=1S/C20H33N/c1-6-15(7-2)19(14-21-18-12-13-18)16-8-10-17(11-9-16)20(3,4)5/h8-11,15,18-19,21H,6-7,12-14H2,1-5H3. The molecule has 21 heavy (non-hydrogen) atoms. The maximum atomic E-state index is 3.75. The van der Waals surface area contributed by atoms with Crippen molar-refractivity contribution in [3.63, 3.8) is 0 Å². The van der Waals surface area contributed by atoms with E-state index in [2.05, 4.69) is 64.2 Å². The molecule has 1 atom stereocenters. The van der Waals surface area contributed by atoms with Crippen molar-refractivity contribution in [3.8, 4) is 0 Å². The normalized spacial score (nSPS) is 17.2. The minimum Gasteiger partial charge on any atom is -0.313 e. The van der Waals surface area contributed by atoms with Gasteiger partial charge in [0.05, 0.1) is 0 Å². The van der Waals surface area contributed by atoms with Crippen molar-refractivity contribution >= 4 is 0 Å². The summed E-state index contributed by atoms with van der Waals surface area (Å²) in [5.41, 5.74) is 3.20. The van der Waals surface area contributed by atoms with Crippen LogP contribution in [0.4, 0.5) is 0 Å². The number of hydrogen-bond donors (Lipinski definition) is 1.